The molecule has 0 aliphatic carbocycles. The van der Waals surface area contributed by atoms with E-state index in [0.29, 0.717) is 5.56 Å². The van der Waals surface area contributed by atoms with E-state index in [-0.39, 0.29) is 17.5 Å². The van der Waals surface area contributed by atoms with Crippen molar-refractivity contribution in [1.29, 1.82) is 0 Å². The molecule has 2 aromatic rings. The number of benzene rings is 2. The van der Waals surface area contributed by atoms with E-state index in [1.54, 1.807) is 0 Å². The highest BCUT2D eigenvalue weighted by atomic mass is 16.4. The molecular weight excluding hydrogens is 244 g/mol. The Kier molecular flexibility index (Phi) is 3.61. The molecule has 19 heavy (non-hydrogen) atoms. The normalized spacial score (nSPS) is 10.1. The molecule has 0 spiro atoms. The molecule has 0 fully saturated rings. The van der Waals surface area contributed by atoms with Crippen LogP contribution in [0.25, 0.3) is 0 Å². The van der Waals surface area contributed by atoms with Gasteiger partial charge in [0.15, 0.2) is 0 Å². The molecule has 0 aliphatic heterocycles. The second kappa shape index (κ2) is 5.35. The van der Waals surface area contributed by atoms with Crippen molar-refractivity contribution in [2.45, 2.75) is 6.42 Å². The Labute approximate surface area is 109 Å². The van der Waals surface area contributed by atoms with Crippen LogP contribution in [0.5, 0.6) is 0 Å². The van der Waals surface area contributed by atoms with E-state index in [9.17, 15) is 9.59 Å². The zero-order valence-electron chi connectivity index (χ0n) is 10.0. The van der Waals surface area contributed by atoms with Crippen molar-refractivity contribution >= 4 is 11.9 Å². The monoisotopic (exact) mass is 256 g/mol. The van der Waals surface area contributed by atoms with Gasteiger partial charge in [0.2, 0.25) is 0 Å². The third-order valence-corrected chi connectivity index (χ3v) is 2.86. The fourth-order valence-electron chi connectivity index (χ4n) is 1.98. The van der Waals surface area contributed by atoms with Crippen LogP contribution < -0.4 is 0 Å². The summed E-state index contributed by atoms with van der Waals surface area (Å²) < 4.78 is 0. The van der Waals surface area contributed by atoms with Gasteiger partial charge in [-0.3, -0.25) is 0 Å². The van der Waals surface area contributed by atoms with Crippen LogP contribution >= 0.6 is 0 Å². The van der Waals surface area contributed by atoms with E-state index in [1.807, 2.05) is 30.3 Å². The zero-order valence-corrected chi connectivity index (χ0v) is 10.0. The lowest BCUT2D eigenvalue weighted by atomic mass is 9.95. The fraction of sp³-hybridized carbons (Fsp3) is 0.0667. The van der Waals surface area contributed by atoms with E-state index in [4.69, 9.17) is 10.2 Å². The maximum Gasteiger partial charge on any atom is 0.336 e. The van der Waals surface area contributed by atoms with Crippen LogP contribution in [0.1, 0.15) is 31.8 Å². The molecule has 4 heteroatoms. The van der Waals surface area contributed by atoms with Gasteiger partial charge in [-0.05, 0) is 29.7 Å². The molecule has 0 amide bonds. The average molecular weight is 256 g/mol. The third-order valence-electron chi connectivity index (χ3n) is 2.86. The maximum atomic E-state index is 11.2. The number of rotatable bonds is 4. The predicted octanol–water partition coefficient (Wildman–Crippen LogP) is 2.67. The first-order valence-electron chi connectivity index (χ1n) is 5.72. The van der Waals surface area contributed by atoms with Gasteiger partial charge in [-0.2, -0.15) is 0 Å². The Balaban J connectivity index is 2.52. The highest BCUT2D eigenvalue weighted by Gasteiger charge is 2.18. The molecule has 0 radical (unpaired) electrons. The van der Waals surface area contributed by atoms with Crippen LogP contribution in [-0.4, -0.2) is 22.2 Å². The van der Waals surface area contributed by atoms with Gasteiger partial charge in [0.1, 0.15) is 0 Å². The van der Waals surface area contributed by atoms with E-state index < -0.39 is 11.9 Å². The second-order valence-corrected chi connectivity index (χ2v) is 4.10. The van der Waals surface area contributed by atoms with Crippen molar-refractivity contribution in [3.63, 3.8) is 0 Å². The third kappa shape index (κ3) is 2.80. The van der Waals surface area contributed by atoms with Gasteiger partial charge in [0, 0.05) is 0 Å². The van der Waals surface area contributed by atoms with E-state index >= 15 is 0 Å². The topological polar surface area (TPSA) is 74.6 Å². The Morgan fingerprint density at radius 3 is 1.79 bits per heavy atom. The molecule has 2 N–H and O–H groups in total. The fourth-order valence-corrected chi connectivity index (χ4v) is 1.98. The van der Waals surface area contributed by atoms with Crippen LogP contribution in [0.4, 0.5) is 0 Å². The lowest BCUT2D eigenvalue weighted by Gasteiger charge is -2.10. The highest BCUT2D eigenvalue weighted by Crippen LogP contribution is 2.19. The molecule has 0 atom stereocenters. The first-order valence-corrected chi connectivity index (χ1v) is 5.72. The van der Waals surface area contributed by atoms with Gasteiger partial charge in [-0.1, -0.05) is 36.4 Å². The maximum absolute atomic E-state index is 11.2. The Morgan fingerprint density at radius 2 is 1.32 bits per heavy atom. The largest absolute Gasteiger partial charge is 0.478 e. The van der Waals surface area contributed by atoms with E-state index in [1.165, 1.54) is 18.2 Å². The smallest absolute Gasteiger partial charge is 0.336 e. The standard InChI is InChI=1S/C15H12O4/c16-14(17)11-7-4-8-12(15(18)19)13(11)9-10-5-2-1-3-6-10/h1-8H,9H2,(H,16,17)(H,18,19). The van der Waals surface area contributed by atoms with Crippen molar-refractivity contribution in [2.24, 2.45) is 0 Å². The van der Waals surface area contributed by atoms with Gasteiger partial charge in [0.25, 0.3) is 0 Å². The predicted molar refractivity (Wildman–Crippen MR) is 69.6 cm³/mol. The summed E-state index contributed by atoms with van der Waals surface area (Å²) in [4.78, 5) is 22.4. The molecule has 0 bridgehead atoms. The number of hydrogen-bond donors (Lipinski definition) is 2. The zero-order chi connectivity index (χ0) is 13.8. The van der Waals surface area contributed by atoms with Crippen molar-refractivity contribution in [2.75, 3.05) is 0 Å². The molecular formula is C15H12O4. The Hall–Kier alpha value is -2.62. The van der Waals surface area contributed by atoms with Crippen LogP contribution in [0.3, 0.4) is 0 Å². The van der Waals surface area contributed by atoms with Crippen molar-refractivity contribution < 1.29 is 19.8 Å². The minimum absolute atomic E-state index is 0.0313. The number of hydrogen-bond acceptors (Lipinski definition) is 2. The van der Waals surface area contributed by atoms with Crippen LogP contribution in [0.2, 0.25) is 0 Å². The van der Waals surface area contributed by atoms with Gasteiger partial charge in [-0.25, -0.2) is 9.59 Å². The van der Waals surface area contributed by atoms with Crippen LogP contribution in [0, 0.1) is 0 Å². The summed E-state index contributed by atoms with van der Waals surface area (Å²) >= 11 is 0. The second-order valence-electron chi connectivity index (χ2n) is 4.10. The van der Waals surface area contributed by atoms with Gasteiger partial charge < -0.3 is 10.2 Å². The van der Waals surface area contributed by atoms with Crippen molar-refractivity contribution in [3.8, 4) is 0 Å². The first kappa shape index (κ1) is 12.8. The molecule has 96 valence electrons. The molecule has 0 saturated carbocycles. The molecule has 2 rings (SSSR count). The summed E-state index contributed by atoms with van der Waals surface area (Å²) in [6.07, 6.45) is 0.283. The molecule has 0 saturated heterocycles. The van der Waals surface area contributed by atoms with Crippen LogP contribution in [0.15, 0.2) is 48.5 Å². The van der Waals surface area contributed by atoms with Gasteiger partial charge >= 0.3 is 11.9 Å². The van der Waals surface area contributed by atoms with Gasteiger partial charge in [0.05, 0.1) is 11.1 Å². The molecule has 0 heterocycles. The quantitative estimate of drug-likeness (QED) is 0.881. The Bertz CT molecular complexity index is 585. The number of aromatic carboxylic acids is 2. The lowest BCUT2D eigenvalue weighted by Crippen LogP contribution is -2.10. The summed E-state index contributed by atoms with van der Waals surface area (Å²) in [7, 11) is 0. The summed E-state index contributed by atoms with van der Waals surface area (Å²) in [5, 5.41) is 18.3. The highest BCUT2D eigenvalue weighted by molar-refractivity contribution is 5.96. The first-order chi connectivity index (χ1) is 9.09. The molecule has 4 nitrogen and oxygen atoms in total. The van der Waals surface area contributed by atoms with Crippen molar-refractivity contribution in [1.82, 2.24) is 0 Å². The number of carbonyl (C=O) groups is 2. The molecule has 0 aromatic heterocycles. The lowest BCUT2D eigenvalue weighted by molar-refractivity contribution is 0.0696. The summed E-state index contributed by atoms with van der Waals surface area (Å²) in [5.74, 6) is -2.23. The SMILES string of the molecule is O=C(O)c1cccc(C(=O)O)c1Cc1ccccc1. The number of carboxylic acid groups (broad SMARTS) is 2. The summed E-state index contributed by atoms with van der Waals surface area (Å²) in [6, 6.07) is 13.5. The summed E-state index contributed by atoms with van der Waals surface area (Å²) in [5.41, 5.74) is 1.26. The molecule has 2 aromatic carbocycles. The van der Waals surface area contributed by atoms with Gasteiger partial charge in [-0.15, -0.1) is 0 Å². The van der Waals surface area contributed by atoms with E-state index in [2.05, 4.69) is 0 Å². The minimum atomic E-state index is -1.12. The summed E-state index contributed by atoms with van der Waals surface area (Å²) in [6.45, 7) is 0. The minimum Gasteiger partial charge on any atom is -0.478 e. The molecule has 0 unspecified atom stereocenters. The molecule has 0 aliphatic rings. The van der Waals surface area contributed by atoms with Crippen LogP contribution in [-0.2, 0) is 6.42 Å². The van der Waals surface area contributed by atoms with Crippen molar-refractivity contribution in [3.05, 3.63) is 70.8 Å². The number of carboxylic acids is 2. The Morgan fingerprint density at radius 1 is 0.789 bits per heavy atom. The van der Waals surface area contributed by atoms with E-state index in [0.717, 1.165) is 5.56 Å². The average Bonchev–Trinajstić information content (AvgIpc) is 2.39.